The molecule has 2 aliphatic rings. The second kappa shape index (κ2) is 8.73. The Bertz CT molecular complexity index is 1120. The number of carbonyl (C=O) groups is 1. The van der Waals surface area contributed by atoms with Crippen LogP contribution in [0.15, 0.2) is 45.8 Å². The molecule has 0 aliphatic carbocycles. The summed E-state index contributed by atoms with van der Waals surface area (Å²) in [5.41, 5.74) is 2.11. The van der Waals surface area contributed by atoms with Crippen LogP contribution in [0, 0.1) is 5.92 Å². The van der Waals surface area contributed by atoms with Gasteiger partial charge in [0, 0.05) is 40.2 Å². The Morgan fingerprint density at radius 3 is 2.55 bits per heavy atom. The van der Waals surface area contributed by atoms with Crippen LogP contribution in [0.4, 0.5) is 5.69 Å². The topological polar surface area (TPSA) is 66.9 Å². The normalized spacial score (nSPS) is 20.0. The standard InChI is InChI=1S/C22H24BrClN2O4S/c1-14-11-16-12-17(23)3-5-19(16)26(14)22(27)15-7-9-25(10-8-15)31(28,29)21-13-18(24)4-6-20(21)30-2/h3-6,12-15H,7-11H2,1-2H3/t14-/m1/s1. The van der Waals surface area contributed by atoms with Gasteiger partial charge in [-0.05, 0) is 68.1 Å². The number of rotatable bonds is 4. The van der Waals surface area contributed by atoms with Gasteiger partial charge in [0.05, 0.1) is 7.11 Å². The number of amides is 1. The Morgan fingerprint density at radius 2 is 1.87 bits per heavy atom. The third kappa shape index (κ3) is 4.23. The fraction of sp³-hybridized carbons (Fsp3) is 0.409. The minimum Gasteiger partial charge on any atom is -0.495 e. The van der Waals surface area contributed by atoms with Crippen LogP contribution in [0.3, 0.4) is 0 Å². The monoisotopic (exact) mass is 526 g/mol. The maximum atomic E-state index is 13.3. The molecule has 0 unspecified atom stereocenters. The van der Waals surface area contributed by atoms with Gasteiger partial charge in [0.15, 0.2) is 0 Å². The number of methoxy groups -OCH3 is 1. The number of sulfonamides is 1. The van der Waals surface area contributed by atoms with E-state index in [1.54, 1.807) is 12.1 Å². The number of hydrogen-bond donors (Lipinski definition) is 0. The van der Waals surface area contributed by atoms with Gasteiger partial charge in [0.1, 0.15) is 10.6 Å². The molecule has 0 saturated carbocycles. The molecule has 0 aromatic heterocycles. The van der Waals surface area contributed by atoms with E-state index < -0.39 is 10.0 Å². The Balaban J connectivity index is 1.49. The van der Waals surface area contributed by atoms with E-state index in [4.69, 9.17) is 16.3 Å². The van der Waals surface area contributed by atoms with Crippen molar-refractivity contribution in [2.75, 3.05) is 25.1 Å². The molecule has 9 heteroatoms. The number of nitrogens with zero attached hydrogens (tertiary/aromatic N) is 2. The summed E-state index contributed by atoms with van der Waals surface area (Å²) in [4.78, 5) is 15.3. The van der Waals surface area contributed by atoms with E-state index in [0.29, 0.717) is 17.9 Å². The molecule has 4 rings (SSSR count). The second-order valence-corrected chi connectivity index (χ2v) is 11.3. The number of anilines is 1. The average Bonchev–Trinajstić information content (AvgIpc) is 3.07. The molecule has 0 spiro atoms. The van der Waals surface area contributed by atoms with Crippen molar-refractivity contribution in [3.63, 3.8) is 0 Å². The summed E-state index contributed by atoms with van der Waals surface area (Å²) in [6.45, 7) is 2.62. The number of fused-ring (bicyclic) bond motifs is 1. The number of carbonyl (C=O) groups excluding carboxylic acids is 1. The summed E-state index contributed by atoms with van der Waals surface area (Å²) in [7, 11) is -2.33. The van der Waals surface area contributed by atoms with Gasteiger partial charge in [-0.2, -0.15) is 4.31 Å². The van der Waals surface area contributed by atoms with Crippen LogP contribution in [-0.2, 0) is 21.2 Å². The molecule has 1 atom stereocenters. The molecule has 2 aromatic rings. The van der Waals surface area contributed by atoms with Crippen molar-refractivity contribution in [3.05, 3.63) is 51.5 Å². The van der Waals surface area contributed by atoms with E-state index in [0.717, 1.165) is 22.1 Å². The second-order valence-electron chi connectivity index (χ2n) is 8.01. The first kappa shape index (κ1) is 22.6. The van der Waals surface area contributed by atoms with E-state index in [1.807, 2.05) is 17.0 Å². The summed E-state index contributed by atoms with van der Waals surface area (Å²) in [5.74, 6) is 0.131. The van der Waals surface area contributed by atoms with Crippen LogP contribution < -0.4 is 9.64 Å². The maximum absolute atomic E-state index is 13.3. The lowest BCUT2D eigenvalue weighted by molar-refractivity contribution is -0.123. The Morgan fingerprint density at radius 1 is 1.16 bits per heavy atom. The van der Waals surface area contributed by atoms with Gasteiger partial charge in [0.2, 0.25) is 15.9 Å². The largest absolute Gasteiger partial charge is 0.495 e. The van der Waals surface area contributed by atoms with Crippen molar-refractivity contribution in [2.24, 2.45) is 5.92 Å². The molecule has 1 amide bonds. The summed E-state index contributed by atoms with van der Waals surface area (Å²) in [5, 5.41) is 0.331. The first-order valence-corrected chi connectivity index (χ1v) is 12.8. The van der Waals surface area contributed by atoms with Gasteiger partial charge in [-0.15, -0.1) is 0 Å². The number of halogens is 2. The minimum atomic E-state index is -3.77. The number of piperidine rings is 1. The fourth-order valence-corrected chi connectivity index (χ4v) is 6.76. The van der Waals surface area contributed by atoms with Gasteiger partial charge in [0.25, 0.3) is 0 Å². The first-order valence-electron chi connectivity index (χ1n) is 10.2. The van der Waals surface area contributed by atoms with Gasteiger partial charge in [-0.25, -0.2) is 8.42 Å². The predicted molar refractivity (Wildman–Crippen MR) is 124 cm³/mol. The van der Waals surface area contributed by atoms with Crippen LogP contribution in [-0.4, -0.2) is 44.9 Å². The number of hydrogen-bond acceptors (Lipinski definition) is 4. The number of benzene rings is 2. The molecule has 2 heterocycles. The highest BCUT2D eigenvalue weighted by Crippen LogP contribution is 2.37. The molecule has 0 radical (unpaired) electrons. The van der Waals surface area contributed by atoms with E-state index in [9.17, 15) is 13.2 Å². The van der Waals surface area contributed by atoms with Crippen LogP contribution in [0.25, 0.3) is 0 Å². The quantitative estimate of drug-likeness (QED) is 0.588. The van der Waals surface area contributed by atoms with Crippen molar-refractivity contribution >= 4 is 49.1 Å². The molecule has 0 N–H and O–H groups in total. The molecule has 1 fully saturated rings. The van der Waals surface area contributed by atoms with Crippen LogP contribution in [0.2, 0.25) is 5.02 Å². The average molecular weight is 528 g/mol. The third-order valence-corrected chi connectivity index (χ3v) is 8.69. The SMILES string of the molecule is COc1ccc(Cl)cc1S(=O)(=O)N1CCC(C(=O)N2c3ccc(Br)cc3C[C@H]2C)CC1. The Hall–Kier alpha value is -1.61. The molecule has 2 aromatic carbocycles. The van der Waals surface area contributed by atoms with Crippen LogP contribution in [0.5, 0.6) is 5.75 Å². The fourth-order valence-electron chi connectivity index (χ4n) is 4.47. The van der Waals surface area contributed by atoms with E-state index >= 15 is 0 Å². The zero-order valence-electron chi connectivity index (χ0n) is 17.3. The molecular formula is C22H24BrClN2O4S. The lowest BCUT2D eigenvalue weighted by atomic mass is 9.96. The number of ether oxygens (including phenoxy) is 1. The molecular weight excluding hydrogens is 504 g/mol. The summed E-state index contributed by atoms with van der Waals surface area (Å²) in [6.07, 6.45) is 1.79. The van der Waals surface area contributed by atoms with Crippen molar-refractivity contribution in [1.82, 2.24) is 4.31 Å². The highest BCUT2D eigenvalue weighted by molar-refractivity contribution is 9.10. The van der Waals surface area contributed by atoms with Gasteiger partial charge in [-0.1, -0.05) is 27.5 Å². The minimum absolute atomic E-state index is 0.0555. The van der Waals surface area contributed by atoms with E-state index in [-0.39, 0.29) is 41.6 Å². The molecule has 1 saturated heterocycles. The van der Waals surface area contributed by atoms with Gasteiger partial charge < -0.3 is 9.64 Å². The molecule has 2 aliphatic heterocycles. The highest BCUT2D eigenvalue weighted by atomic mass is 79.9. The summed E-state index contributed by atoms with van der Waals surface area (Å²) in [6, 6.07) is 10.6. The van der Waals surface area contributed by atoms with E-state index in [1.165, 1.54) is 17.5 Å². The first-order chi connectivity index (χ1) is 14.7. The Kier molecular flexibility index (Phi) is 6.36. The highest BCUT2D eigenvalue weighted by Gasteiger charge is 2.38. The van der Waals surface area contributed by atoms with Crippen LogP contribution in [0.1, 0.15) is 25.3 Å². The lowest BCUT2D eigenvalue weighted by Crippen LogP contribution is -2.46. The summed E-state index contributed by atoms with van der Waals surface area (Å²) >= 11 is 9.52. The molecule has 31 heavy (non-hydrogen) atoms. The van der Waals surface area contributed by atoms with Crippen molar-refractivity contribution < 1.29 is 17.9 Å². The van der Waals surface area contributed by atoms with Gasteiger partial charge in [-0.3, -0.25) is 4.79 Å². The van der Waals surface area contributed by atoms with Crippen LogP contribution >= 0.6 is 27.5 Å². The summed E-state index contributed by atoms with van der Waals surface area (Å²) < 4.78 is 34.0. The molecule has 6 nitrogen and oxygen atoms in total. The predicted octanol–water partition coefficient (Wildman–Crippen LogP) is 4.49. The lowest BCUT2D eigenvalue weighted by Gasteiger charge is -2.34. The Labute approximate surface area is 196 Å². The molecule has 166 valence electrons. The van der Waals surface area contributed by atoms with Crippen molar-refractivity contribution in [2.45, 2.75) is 37.1 Å². The van der Waals surface area contributed by atoms with Crippen molar-refractivity contribution in [3.8, 4) is 5.75 Å². The maximum Gasteiger partial charge on any atom is 0.246 e. The zero-order chi connectivity index (χ0) is 22.3. The van der Waals surface area contributed by atoms with Crippen molar-refractivity contribution in [1.29, 1.82) is 0 Å². The third-order valence-electron chi connectivity index (χ3n) is 6.04. The smallest absolute Gasteiger partial charge is 0.246 e. The molecule has 0 bridgehead atoms. The van der Waals surface area contributed by atoms with E-state index in [2.05, 4.69) is 28.9 Å². The zero-order valence-corrected chi connectivity index (χ0v) is 20.5. The van der Waals surface area contributed by atoms with Gasteiger partial charge >= 0.3 is 0 Å².